The lowest BCUT2D eigenvalue weighted by atomic mass is 10.0. The molecule has 0 aromatic carbocycles. The van der Waals surface area contributed by atoms with Crippen LogP contribution in [0.15, 0.2) is 9.27 Å². The van der Waals surface area contributed by atoms with Crippen molar-refractivity contribution in [1.82, 2.24) is 9.97 Å². The largest absolute Gasteiger partial charge is 0.381 e. The molecule has 0 bridgehead atoms. The molecule has 1 saturated carbocycles. The maximum Gasteiger partial charge on any atom is 0.265 e. The highest BCUT2D eigenvalue weighted by atomic mass is 79.9. The fourth-order valence-corrected chi connectivity index (χ4v) is 2.78. The average Bonchev–Trinajstić information content (AvgIpc) is 3.02. The summed E-state index contributed by atoms with van der Waals surface area (Å²) in [7, 11) is 0. The van der Waals surface area contributed by atoms with Gasteiger partial charge in [-0.2, -0.15) is 0 Å². The molecule has 1 aromatic heterocycles. The van der Waals surface area contributed by atoms with Crippen LogP contribution >= 0.6 is 15.9 Å². The summed E-state index contributed by atoms with van der Waals surface area (Å²) < 4.78 is 5.96. The van der Waals surface area contributed by atoms with Crippen molar-refractivity contribution in [1.29, 1.82) is 0 Å². The van der Waals surface area contributed by atoms with Crippen LogP contribution in [-0.4, -0.2) is 23.2 Å². The number of nitrogens with zero attached hydrogens (tertiary/aromatic N) is 1. The Morgan fingerprint density at radius 1 is 1.41 bits per heavy atom. The van der Waals surface area contributed by atoms with E-state index in [1.165, 1.54) is 0 Å². The predicted octanol–water partition coefficient (Wildman–Crippen LogP) is 1.99. The van der Waals surface area contributed by atoms with Crippen LogP contribution < -0.4 is 5.56 Å². The van der Waals surface area contributed by atoms with Crippen molar-refractivity contribution in [2.45, 2.75) is 31.6 Å². The van der Waals surface area contributed by atoms with Crippen molar-refractivity contribution in [3.05, 3.63) is 26.3 Å². The van der Waals surface area contributed by atoms with E-state index in [1.807, 2.05) is 0 Å². The Bertz CT molecular complexity index is 476. The first-order valence-electron chi connectivity index (χ1n) is 6.10. The molecule has 1 unspecified atom stereocenters. The first-order valence-corrected chi connectivity index (χ1v) is 6.89. The van der Waals surface area contributed by atoms with Gasteiger partial charge in [0, 0.05) is 25.6 Å². The number of ether oxygens (including phenoxy) is 1. The highest BCUT2D eigenvalue weighted by Crippen LogP contribution is 2.41. The van der Waals surface area contributed by atoms with Crippen molar-refractivity contribution in [2.24, 2.45) is 5.92 Å². The Morgan fingerprint density at radius 3 is 2.88 bits per heavy atom. The number of rotatable bonds is 3. The summed E-state index contributed by atoms with van der Waals surface area (Å²) in [5.41, 5.74) is 0.901. The van der Waals surface area contributed by atoms with Crippen LogP contribution in [-0.2, 0) is 11.2 Å². The van der Waals surface area contributed by atoms with Crippen molar-refractivity contribution in [3.63, 3.8) is 0 Å². The predicted molar refractivity (Wildman–Crippen MR) is 67.2 cm³/mol. The first-order chi connectivity index (χ1) is 8.24. The standard InChI is InChI=1S/C12H15BrN2O2/c13-10-11(8-1-2-8)14-9(15-12(10)16)5-7-3-4-17-6-7/h7-8H,1-6H2,(H,14,15,16). The van der Waals surface area contributed by atoms with E-state index >= 15 is 0 Å². The number of aromatic amines is 1. The molecule has 0 amide bonds. The molecule has 1 aliphatic carbocycles. The second-order valence-corrected chi connectivity index (χ2v) is 5.71. The van der Waals surface area contributed by atoms with Crippen molar-refractivity contribution in [3.8, 4) is 0 Å². The van der Waals surface area contributed by atoms with Gasteiger partial charge in [-0.05, 0) is 41.1 Å². The number of nitrogens with one attached hydrogen (secondary N) is 1. The van der Waals surface area contributed by atoms with Crippen LogP contribution in [0.1, 0.15) is 36.7 Å². The average molecular weight is 299 g/mol. The van der Waals surface area contributed by atoms with Gasteiger partial charge in [0.15, 0.2) is 0 Å². The summed E-state index contributed by atoms with van der Waals surface area (Å²) in [5, 5.41) is 0. The van der Waals surface area contributed by atoms with Gasteiger partial charge in [-0.3, -0.25) is 4.79 Å². The smallest absolute Gasteiger partial charge is 0.265 e. The summed E-state index contributed by atoms with van der Waals surface area (Å²) >= 11 is 3.34. The van der Waals surface area contributed by atoms with Crippen molar-refractivity contribution < 1.29 is 4.74 Å². The van der Waals surface area contributed by atoms with E-state index in [4.69, 9.17) is 4.74 Å². The monoisotopic (exact) mass is 298 g/mol. The van der Waals surface area contributed by atoms with Crippen LogP contribution in [0.25, 0.3) is 0 Å². The second kappa shape index (κ2) is 4.53. The zero-order valence-electron chi connectivity index (χ0n) is 9.54. The summed E-state index contributed by atoms with van der Waals surface area (Å²) in [5.74, 6) is 1.81. The fraction of sp³-hybridized carbons (Fsp3) is 0.667. The molecule has 5 heteroatoms. The van der Waals surface area contributed by atoms with Crippen molar-refractivity contribution in [2.75, 3.05) is 13.2 Å². The van der Waals surface area contributed by atoms with Gasteiger partial charge in [-0.1, -0.05) is 0 Å². The minimum atomic E-state index is -0.0455. The molecule has 0 radical (unpaired) electrons. The summed E-state index contributed by atoms with van der Waals surface area (Å²) in [6.07, 6.45) is 4.20. The number of hydrogen-bond acceptors (Lipinski definition) is 3. The molecule has 4 nitrogen and oxygen atoms in total. The molecule has 2 fully saturated rings. The van der Waals surface area contributed by atoms with Gasteiger partial charge in [-0.15, -0.1) is 0 Å². The third-order valence-corrected chi connectivity index (χ3v) is 4.17. The third kappa shape index (κ3) is 2.45. The van der Waals surface area contributed by atoms with Gasteiger partial charge in [0.25, 0.3) is 5.56 Å². The van der Waals surface area contributed by atoms with Gasteiger partial charge in [0.05, 0.1) is 5.69 Å². The third-order valence-electron chi connectivity index (χ3n) is 3.41. The van der Waals surface area contributed by atoms with Gasteiger partial charge >= 0.3 is 0 Å². The molecule has 1 saturated heterocycles. The molecule has 1 aromatic rings. The molecule has 17 heavy (non-hydrogen) atoms. The Kier molecular flexibility index (Phi) is 3.04. The second-order valence-electron chi connectivity index (χ2n) is 4.92. The van der Waals surface area contributed by atoms with Gasteiger partial charge < -0.3 is 9.72 Å². The molecule has 1 N–H and O–H groups in total. The summed E-state index contributed by atoms with van der Waals surface area (Å²) in [4.78, 5) is 19.2. The lowest BCUT2D eigenvalue weighted by Gasteiger charge is -2.09. The Balaban J connectivity index is 1.86. The van der Waals surface area contributed by atoms with E-state index in [9.17, 15) is 4.79 Å². The van der Waals surface area contributed by atoms with Crippen LogP contribution in [0, 0.1) is 5.92 Å². The number of hydrogen-bond donors (Lipinski definition) is 1. The Labute approximate surface area is 108 Å². The normalized spacial score (nSPS) is 24.2. The first kappa shape index (κ1) is 11.4. The Morgan fingerprint density at radius 2 is 2.24 bits per heavy atom. The quantitative estimate of drug-likeness (QED) is 0.928. The minimum Gasteiger partial charge on any atom is -0.381 e. The number of H-pyrrole nitrogens is 1. The van der Waals surface area contributed by atoms with Crippen molar-refractivity contribution >= 4 is 15.9 Å². The highest BCUT2D eigenvalue weighted by molar-refractivity contribution is 9.10. The lowest BCUT2D eigenvalue weighted by molar-refractivity contribution is 0.185. The zero-order chi connectivity index (χ0) is 11.8. The maximum absolute atomic E-state index is 11.8. The van der Waals surface area contributed by atoms with Gasteiger partial charge in [-0.25, -0.2) is 4.98 Å². The minimum absolute atomic E-state index is 0.0455. The van der Waals surface area contributed by atoms with E-state index in [-0.39, 0.29) is 5.56 Å². The molecule has 92 valence electrons. The molecule has 2 heterocycles. The van der Waals surface area contributed by atoms with E-state index in [0.29, 0.717) is 16.3 Å². The molecule has 0 spiro atoms. The maximum atomic E-state index is 11.8. The van der Waals surface area contributed by atoms with E-state index in [2.05, 4.69) is 25.9 Å². The van der Waals surface area contributed by atoms with E-state index in [1.54, 1.807) is 0 Å². The van der Waals surface area contributed by atoms with Crippen LogP contribution in [0.5, 0.6) is 0 Å². The molecular formula is C12H15BrN2O2. The molecular weight excluding hydrogens is 284 g/mol. The SMILES string of the molecule is O=c1[nH]c(CC2CCOC2)nc(C2CC2)c1Br. The lowest BCUT2D eigenvalue weighted by Crippen LogP contribution is -2.18. The topological polar surface area (TPSA) is 55.0 Å². The van der Waals surface area contributed by atoms with Crippen LogP contribution in [0.3, 0.4) is 0 Å². The summed E-state index contributed by atoms with van der Waals surface area (Å²) in [6, 6.07) is 0. The summed E-state index contributed by atoms with van der Waals surface area (Å²) in [6.45, 7) is 1.62. The van der Waals surface area contributed by atoms with Gasteiger partial charge in [0.2, 0.25) is 0 Å². The highest BCUT2D eigenvalue weighted by Gasteiger charge is 2.29. The molecule has 1 atom stereocenters. The molecule has 3 rings (SSSR count). The Hall–Kier alpha value is -0.680. The number of aromatic nitrogens is 2. The fourth-order valence-electron chi connectivity index (χ4n) is 2.27. The number of halogens is 1. The zero-order valence-corrected chi connectivity index (χ0v) is 11.1. The molecule has 1 aliphatic heterocycles. The van der Waals surface area contributed by atoms with Crippen LogP contribution in [0.2, 0.25) is 0 Å². The molecule has 2 aliphatic rings. The van der Waals surface area contributed by atoms with E-state index < -0.39 is 0 Å². The van der Waals surface area contributed by atoms with Gasteiger partial charge in [0.1, 0.15) is 10.3 Å². The van der Waals surface area contributed by atoms with Crippen LogP contribution in [0.4, 0.5) is 0 Å². The van der Waals surface area contributed by atoms with E-state index in [0.717, 1.165) is 50.4 Å².